The molecule has 1 amide bonds. The molecular weight excluding hydrogens is 248 g/mol. The smallest absolute Gasteiger partial charge is 0.407 e. The van der Waals surface area contributed by atoms with Crippen molar-refractivity contribution in [2.45, 2.75) is 6.92 Å². The minimum absolute atomic E-state index is 0.0274. The summed E-state index contributed by atoms with van der Waals surface area (Å²) in [6.07, 6.45) is -0.908. The fraction of sp³-hybridized carbons (Fsp3) is 0.385. The van der Waals surface area contributed by atoms with Crippen molar-refractivity contribution >= 4 is 17.6 Å². The number of carboxylic acid groups (broad SMARTS) is 1. The first kappa shape index (κ1) is 13.2. The van der Waals surface area contributed by atoms with Gasteiger partial charge in [0.25, 0.3) is 0 Å². The molecule has 1 aliphatic rings. The average Bonchev–Trinajstić information content (AvgIpc) is 2.39. The van der Waals surface area contributed by atoms with Crippen molar-refractivity contribution < 1.29 is 19.8 Å². The van der Waals surface area contributed by atoms with Crippen LogP contribution in [0.2, 0.25) is 0 Å². The molecule has 102 valence electrons. The van der Waals surface area contributed by atoms with Gasteiger partial charge in [-0.1, -0.05) is 0 Å². The van der Waals surface area contributed by atoms with Gasteiger partial charge in [0.1, 0.15) is 5.75 Å². The largest absolute Gasteiger partial charge is 0.507 e. The van der Waals surface area contributed by atoms with Crippen molar-refractivity contribution in [3.05, 3.63) is 23.8 Å². The van der Waals surface area contributed by atoms with Crippen molar-refractivity contribution in [3.63, 3.8) is 0 Å². The molecular formula is C13H16N2O4. The second-order valence-corrected chi connectivity index (χ2v) is 4.51. The number of phenols is 1. The summed E-state index contributed by atoms with van der Waals surface area (Å²) in [7, 11) is 0. The molecule has 1 saturated heterocycles. The van der Waals surface area contributed by atoms with Crippen LogP contribution in [0.15, 0.2) is 18.2 Å². The van der Waals surface area contributed by atoms with Crippen molar-refractivity contribution in [3.8, 4) is 5.75 Å². The van der Waals surface area contributed by atoms with Gasteiger partial charge in [0, 0.05) is 31.9 Å². The molecule has 6 nitrogen and oxygen atoms in total. The number of nitrogens with zero attached hydrogens (tertiary/aromatic N) is 2. The Morgan fingerprint density at radius 2 is 1.79 bits per heavy atom. The summed E-state index contributed by atoms with van der Waals surface area (Å²) in [5.41, 5.74) is 1.12. The molecule has 1 aromatic carbocycles. The van der Waals surface area contributed by atoms with E-state index in [0.29, 0.717) is 26.2 Å². The lowest BCUT2D eigenvalue weighted by Gasteiger charge is -2.34. The fourth-order valence-corrected chi connectivity index (χ4v) is 2.16. The molecule has 1 aliphatic heterocycles. The Bertz CT molecular complexity index is 507. The van der Waals surface area contributed by atoms with Crippen LogP contribution >= 0.6 is 0 Å². The van der Waals surface area contributed by atoms with Crippen LogP contribution in [0.4, 0.5) is 10.5 Å². The molecule has 2 rings (SSSR count). The summed E-state index contributed by atoms with van der Waals surface area (Å²) in [6, 6.07) is 4.88. The van der Waals surface area contributed by atoms with E-state index in [2.05, 4.69) is 0 Å². The Morgan fingerprint density at radius 1 is 1.16 bits per heavy atom. The third kappa shape index (κ3) is 2.78. The van der Waals surface area contributed by atoms with Crippen LogP contribution in [0.3, 0.4) is 0 Å². The van der Waals surface area contributed by atoms with E-state index in [9.17, 15) is 14.7 Å². The molecule has 1 fully saturated rings. The van der Waals surface area contributed by atoms with E-state index >= 15 is 0 Å². The Balaban J connectivity index is 2.14. The number of Topliss-reactive ketones (excluding diaryl/α,β-unsaturated/α-hetero) is 1. The molecule has 0 spiro atoms. The Hall–Kier alpha value is -2.24. The molecule has 0 aromatic heterocycles. The predicted molar refractivity (Wildman–Crippen MR) is 69.9 cm³/mol. The summed E-state index contributed by atoms with van der Waals surface area (Å²) >= 11 is 0. The maximum atomic E-state index is 11.4. The van der Waals surface area contributed by atoms with Gasteiger partial charge in [0.15, 0.2) is 5.78 Å². The first-order chi connectivity index (χ1) is 8.99. The van der Waals surface area contributed by atoms with Crippen LogP contribution < -0.4 is 4.90 Å². The van der Waals surface area contributed by atoms with E-state index in [-0.39, 0.29) is 17.1 Å². The van der Waals surface area contributed by atoms with Crippen LogP contribution in [0.1, 0.15) is 17.3 Å². The number of phenolic OH excluding ortho intramolecular Hbond substituents is 1. The Morgan fingerprint density at radius 3 is 2.32 bits per heavy atom. The highest BCUT2D eigenvalue weighted by atomic mass is 16.4. The van der Waals surface area contributed by atoms with E-state index in [1.165, 1.54) is 17.9 Å². The molecule has 0 bridgehead atoms. The maximum Gasteiger partial charge on any atom is 0.407 e. The molecule has 2 N–H and O–H groups in total. The normalized spacial score (nSPS) is 15.4. The number of piperazine rings is 1. The van der Waals surface area contributed by atoms with Gasteiger partial charge in [-0.05, 0) is 25.1 Å². The number of benzene rings is 1. The topological polar surface area (TPSA) is 81.1 Å². The molecule has 0 radical (unpaired) electrons. The summed E-state index contributed by atoms with van der Waals surface area (Å²) in [4.78, 5) is 25.6. The Kier molecular flexibility index (Phi) is 3.59. The van der Waals surface area contributed by atoms with Crippen LogP contribution in [0.5, 0.6) is 5.75 Å². The van der Waals surface area contributed by atoms with Gasteiger partial charge in [-0.2, -0.15) is 0 Å². The summed E-state index contributed by atoms with van der Waals surface area (Å²) in [5.74, 6) is -0.219. The number of rotatable bonds is 2. The number of hydrogen-bond donors (Lipinski definition) is 2. The number of aromatic hydroxyl groups is 1. The van der Waals surface area contributed by atoms with E-state index in [1.54, 1.807) is 12.1 Å². The summed E-state index contributed by atoms with van der Waals surface area (Å²) in [6.45, 7) is 3.43. The standard InChI is InChI=1S/C13H16N2O4/c1-9(16)11-8-10(2-3-12(11)17)14-4-6-15(7-5-14)13(18)19/h2-3,8,17H,4-7H2,1H3,(H,18,19). The summed E-state index contributed by atoms with van der Waals surface area (Å²) < 4.78 is 0. The average molecular weight is 264 g/mol. The zero-order chi connectivity index (χ0) is 14.0. The zero-order valence-corrected chi connectivity index (χ0v) is 10.7. The summed E-state index contributed by atoms with van der Waals surface area (Å²) in [5, 5.41) is 18.5. The van der Waals surface area contributed by atoms with Crippen LogP contribution in [0, 0.1) is 0 Å². The molecule has 0 aliphatic carbocycles. The van der Waals surface area contributed by atoms with Crippen molar-refractivity contribution in [1.82, 2.24) is 4.90 Å². The van der Waals surface area contributed by atoms with Crippen LogP contribution in [-0.4, -0.2) is 53.2 Å². The number of ketones is 1. The fourth-order valence-electron chi connectivity index (χ4n) is 2.16. The van der Waals surface area contributed by atoms with Gasteiger partial charge >= 0.3 is 6.09 Å². The van der Waals surface area contributed by atoms with E-state index in [1.807, 2.05) is 4.90 Å². The second kappa shape index (κ2) is 5.17. The molecule has 0 atom stereocenters. The lowest BCUT2D eigenvalue weighted by molar-refractivity contribution is 0.101. The second-order valence-electron chi connectivity index (χ2n) is 4.51. The van der Waals surface area contributed by atoms with E-state index < -0.39 is 6.09 Å². The Labute approximate surface area is 110 Å². The van der Waals surface area contributed by atoms with Gasteiger partial charge in [0.05, 0.1) is 5.56 Å². The first-order valence-electron chi connectivity index (χ1n) is 6.06. The van der Waals surface area contributed by atoms with Gasteiger partial charge in [-0.15, -0.1) is 0 Å². The zero-order valence-electron chi connectivity index (χ0n) is 10.7. The minimum atomic E-state index is -0.908. The third-order valence-electron chi connectivity index (χ3n) is 3.27. The lowest BCUT2D eigenvalue weighted by Crippen LogP contribution is -2.48. The van der Waals surface area contributed by atoms with Crippen molar-refractivity contribution in [1.29, 1.82) is 0 Å². The van der Waals surface area contributed by atoms with Crippen molar-refractivity contribution in [2.24, 2.45) is 0 Å². The minimum Gasteiger partial charge on any atom is -0.507 e. The maximum absolute atomic E-state index is 11.4. The molecule has 1 heterocycles. The number of anilines is 1. The molecule has 1 aromatic rings. The SMILES string of the molecule is CC(=O)c1cc(N2CCN(C(=O)O)CC2)ccc1O. The van der Waals surface area contributed by atoms with Crippen LogP contribution in [0.25, 0.3) is 0 Å². The molecule has 0 unspecified atom stereocenters. The monoisotopic (exact) mass is 264 g/mol. The predicted octanol–water partition coefficient (Wildman–Crippen LogP) is 1.39. The first-order valence-corrected chi connectivity index (χ1v) is 6.06. The number of amides is 1. The third-order valence-corrected chi connectivity index (χ3v) is 3.27. The van der Waals surface area contributed by atoms with Gasteiger partial charge in [-0.25, -0.2) is 4.79 Å². The quantitative estimate of drug-likeness (QED) is 0.789. The highest BCUT2D eigenvalue weighted by Crippen LogP contribution is 2.25. The van der Waals surface area contributed by atoms with E-state index in [0.717, 1.165) is 5.69 Å². The highest BCUT2D eigenvalue weighted by Gasteiger charge is 2.21. The number of hydrogen-bond acceptors (Lipinski definition) is 4. The van der Waals surface area contributed by atoms with Crippen molar-refractivity contribution in [2.75, 3.05) is 31.1 Å². The van der Waals surface area contributed by atoms with Gasteiger partial charge in [0.2, 0.25) is 0 Å². The van der Waals surface area contributed by atoms with E-state index in [4.69, 9.17) is 5.11 Å². The molecule has 19 heavy (non-hydrogen) atoms. The van der Waals surface area contributed by atoms with Crippen LogP contribution in [-0.2, 0) is 0 Å². The highest BCUT2D eigenvalue weighted by molar-refractivity contribution is 5.97. The molecule has 0 saturated carbocycles. The van der Waals surface area contributed by atoms with Gasteiger partial charge < -0.3 is 20.0 Å². The van der Waals surface area contributed by atoms with Gasteiger partial charge in [-0.3, -0.25) is 4.79 Å². The number of carbonyl (C=O) groups is 2. The number of carbonyl (C=O) groups excluding carboxylic acids is 1. The lowest BCUT2D eigenvalue weighted by atomic mass is 10.1. The molecule has 6 heteroatoms.